The molecule has 0 fully saturated rings. The zero-order valence-corrected chi connectivity index (χ0v) is 16.6. The Hall–Kier alpha value is -3.60. The Balaban J connectivity index is 1.72. The van der Waals surface area contributed by atoms with Crippen LogP contribution in [0.3, 0.4) is 0 Å². The zero-order chi connectivity index (χ0) is 20.6. The third-order valence-corrected chi connectivity index (χ3v) is 4.60. The minimum absolute atomic E-state index is 0.0723. The van der Waals surface area contributed by atoms with Crippen molar-refractivity contribution in [1.29, 1.82) is 0 Å². The van der Waals surface area contributed by atoms with Gasteiger partial charge in [0.05, 0.1) is 7.11 Å². The first-order valence-electron chi connectivity index (χ1n) is 9.49. The molecule has 0 aliphatic rings. The predicted octanol–water partition coefficient (Wildman–Crippen LogP) is 4.61. The lowest BCUT2D eigenvalue weighted by Crippen LogP contribution is -2.30. The molecule has 1 N–H and O–H groups in total. The van der Waals surface area contributed by atoms with Crippen LogP contribution in [0.1, 0.15) is 33.2 Å². The number of carbonyl (C=O) groups excluding carboxylic acids is 2. The van der Waals surface area contributed by atoms with E-state index in [0.717, 1.165) is 5.56 Å². The van der Waals surface area contributed by atoms with Crippen LogP contribution >= 0.6 is 0 Å². The standard InChI is InChI=1S/C24H24N2O3/c1-3-26(17-18-8-5-4-6-9-18)24(28)20-10-7-11-21(16-20)25-23(27)19-12-14-22(29-2)15-13-19/h4-16H,3,17H2,1-2H3,(H,25,27). The number of methoxy groups -OCH3 is 1. The van der Waals surface area contributed by atoms with Crippen molar-refractivity contribution >= 4 is 17.5 Å². The Kier molecular flexibility index (Phi) is 6.63. The van der Waals surface area contributed by atoms with Crippen molar-refractivity contribution in [3.63, 3.8) is 0 Å². The van der Waals surface area contributed by atoms with E-state index in [1.54, 1.807) is 60.5 Å². The van der Waals surface area contributed by atoms with E-state index < -0.39 is 0 Å². The molecule has 0 spiro atoms. The number of nitrogens with one attached hydrogen (secondary N) is 1. The van der Waals surface area contributed by atoms with Crippen molar-refractivity contribution in [2.75, 3.05) is 19.0 Å². The molecule has 148 valence electrons. The Labute approximate surface area is 170 Å². The predicted molar refractivity (Wildman–Crippen MR) is 114 cm³/mol. The highest BCUT2D eigenvalue weighted by Gasteiger charge is 2.15. The molecule has 3 aromatic rings. The minimum Gasteiger partial charge on any atom is -0.497 e. The van der Waals surface area contributed by atoms with Gasteiger partial charge < -0.3 is 15.0 Å². The SMILES string of the molecule is CCN(Cc1ccccc1)C(=O)c1cccc(NC(=O)c2ccc(OC)cc2)c1. The lowest BCUT2D eigenvalue weighted by Gasteiger charge is -2.21. The molecule has 3 aromatic carbocycles. The van der Waals surface area contributed by atoms with E-state index in [4.69, 9.17) is 4.74 Å². The van der Waals surface area contributed by atoms with Crippen molar-refractivity contribution in [3.8, 4) is 5.75 Å². The third kappa shape index (κ3) is 5.23. The Morgan fingerprint density at radius 2 is 1.62 bits per heavy atom. The number of anilines is 1. The summed E-state index contributed by atoms with van der Waals surface area (Å²) in [5, 5.41) is 2.85. The summed E-state index contributed by atoms with van der Waals surface area (Å²) in [5.41, 5.74) is 2.70. The summed E-state index contributed by atoms with van der Waals surface area (Å²) in [5.74, 6) is 0.373. The highest BCUT2D eigenvalue weighted by Crippen LogP contribution is 2.17. The van der Waals surface area contributed by atoms with Gasteiger partial charge in [0.25, 0.3) is 11.8 Å². The molecule has 5 nitrogen and oxygen atoms in total. The van der Waals surface area contributed by atoms with Crippen LogP contribution in [0, 0.1) is 0 Å². The van der Waals surface area contributed by atoms with E-state index in [1.165, 1.54) is 0 Å². The van der Waals surface area contributed by atoms with Gasteiger partial charge in [-0.05, 0) is 55.0 Å². The van der Waals surface area contributed by atoms with Gasteiger partial charge in [-0.3, -0.25) is 9.59 Å². The van der Waals surface area contributed by atoms with Gasteiger partial charge in [-0.15, -0.1) is 0 Å². The number of amides is 2. The van der Waals surface area contributed by atoms with Crippen molar-refractivity contribution in [1.82, 2.24) is 4.90 Å². The summed E-state index contributed by atoms with van der Waals surface area (Å²) in [6.45, 7) is 3.09. The fourth-order valence-corrected chi connectivity index (χ4v) is 2.99. The number of benzene rings is 3. The van der Waals surface area contributed by atoms with Crippen LogP contribution in [0.15, 0.2) is 78.9 Å². The number of nitrogens with zero attached hydrogens (tertiary/aromatic N) is 1. The van der Waals surface area contributed by atoms with Crippen LogP contribution in [0.25, 0.3) is 0 Å². The average molecular weight is 388 g/mol. The van der Waals surface area contributed by atoms with E-state index in [1.807, 2.05) is 37.3 Å². The van der Waals surface area contributed by atoms with Crippen LogP contribution in [0.5, 0.6) is 5.75 Å². The normalized spacial score (nSPS) is 10.3. The number of hydrogen-bond acceptors (Lipinski definition) is 3. The molecule has 0 aromatic heterocycles. The second-order valence-corrected chi connectivity index (χ2v) is 6.57. The molecule has 0 radical (unpaired) electrons. The fraction of sp³-hybridized carbons (Fsp3) is 0.167. The molecule has 29 heavy (non-hydrogen) atoms. The van der Waals surface area contributed by atoms with E-state index in [9.17, 15) is 9.59 Å². The number of carbonyl (C=O) groups is 2. The summed E-state index contributed by atoms with van der Waals surface area (Å²) >= 11 is 0. The second-order valence-electron chi connectivity index (χ2n) is 6.57. The molecule has 0 aliphatic heterocycles. The molecule has 0 saturated heterocycles. The van der Waals surface area contributed by atoms with E-state index in [-0.39, 0.29) is 11.8 Å². The first-order chi connectivity index (χ1) is 14.1. The van der Waals surface area contributed by atoms with E-state index >= 15 is 0 Å². The molecular weight excluding hydrogens is 364 g/mol. The monoisotopic (exact) mass is 388 g/mol. The third-order valence-electron chi connectivity index (χ3n) is 4.60. The maximum atomic E-state index is 13.0. The maximum absolute atomic E-state index is 13.0. The molecule has 0 bridgehead atoms. The summed E-state index contributed by atoms with van der Waals surface area (Å²) in [6, 6.07) is 23.7. The summed E-state index contributed by atoms with van der Waals surface area (Å²) in [4.78, 5) is 27.2. The summed E-state index contributed by atoms with van der Waals surface area (Å²) in [7, 11) is 1.58. The van der Waals surface area contributed by atoms with E-state index in [0.29, 0.717) is 35.7 Å². The summed E-state index contributed by atoms with van der Waals surface area (Å²) in [6.07, 6.45) is 0. The van der Waals surface area contributed by atoms with Gasteiger partial charge in [0.15, 0.2) is 0 Å². The topological polar surface area (TPSA) is 58.6 Å². The number of hydrogen-bond donors (Lipinski definition) is 1. The summed E-state index contributed by atoms with van der Waals surface area (Å²) < 4.78 is 5.11. The molecule has 3 rings (SSSR count). The quantitative estimate of drug-likeness (QED) is 0.643. The van der Waals surface area contributed by atoms with Crippen LogP contribution in [-0.2, 0) is 6.54 Å². The van der Waals surface area contributed by atoms with Gasteiger partial charge in [-0.2, -0.15) is 0 Å². The molecule has 2 amide bonds. The zero-order valence-electron chi connectivity index (χ0n) is 16.6. The smallest absolute Gasteiger partial charge is 0.255 e. The molecule has 0 aliphatic carbocycles. The molecule has 0 heterocycles. The second kappa shape index (κ2) is 9.55. The van der Waals surface area contributed by atoms with Crippen LogP contribution < -0.4 is 10.1 Å². The van der Waals surface area contributed by atoms with Gasteiger partial charge in [0, 0.05) is 29.9 Å². The van der Waals surface area contributed by atoms with Gasteiger partial charge >= 0.3 is 0 Å². The van der Waals surface area contributed by atoms with Crippen molar-refractivity contribution < 1.29 is 14.3 Å². The van der Waals surface area contributed by atoms with Gasteiger partial charge in [0.1, 0.15) is 5.75 Å². The largest absolute Gasteiger partial charge is 0.497 e. The highest BCUT2D eigenvalue weighted by atomic mass is 16.5. The van der Waals surface area contributed by atoms with Gasteiger partial charge in [-0.25, -0.2) is 0 Å². The molecule has 0 atom stereocenters. The Morgan fingerprint density at radius 1 is 0.897 bits per heavy atom. The van der Waals surface area contributed by atoms with Crippen molar-refractivity contribution in [2.45, 2.75) is 13.5 Å². The average Bonchev–Trinajstić information content (AvgIpc) is 2.78. The van der Waals surface area contributed by atoms with Crippen molar-refractivity contribution in [3.05, 3.63) is 95.6 Å². The Bertz CT molecular complexity index is 969. The van der Waals surface area contributed by atoms with Crippen LogP contribution in [0.4, 0.5) is 5.69 Å². The fourth-order valence-electron chi connectivity index (χ4n) is 2.99. The first-order valence-corrected chi connectivity index (χ1v) is 9.49. The van der Waals surface area contributed by atoms with E-state index in [2.05, 4.69) is 5.32 Å². The number of ether oxygens (including phenoxy) is 1. The molecule has 0 saturated carbocycles. The van der Waals surface area contributed by atoms with Crippen LogP contribution in [0.2, 0.25) is 0 Å². The molecule has 0 unspecified atom stereocenters. The lowest BCUT2D eigenvalue weighted by molar-refractivity contribution is 0.0752. The first kappa shape index (κ1) is 20.1. The molecular formula is C24H24N2O3. The van der Waals surface area contributed by atoms with Gasteiger partial charge in [0.2, 0.25) is 0 Å². The van der Waals surface area contributed by atoms with Crippen molar-refractivity contribution in [2.24, 2.45) is 0 Å². The molecule has 5 heteroatoms. The van der Waals surface area contributed by atoms with Crippen LogP contribution in [-0.4, -0.2) is 30.4 Å². The van der Waals surface area contributed by atoms with Gasteiger partial charge in [-0.1, -0.05) is 36.4 Å². The highest BCUT2D eigenvalue weighted by molar-refractivity contribution is 6.05. The lowest BCUT2D eigenvalue weighted by atomic mass is 10.1. The maximum Gasteiger partial charge on any atom is 0.255 e. The Morgan fingerprint density at radius 3 is 2.28 bits per heavy atom. The minimum atomic E-state index is -0.242. The number of rotatable bonds is 7.